The van der Waals surface area contributed by atoms with Gasteiger partial charge in [-0.25, -0.2) is 21.6 Å². The fraction of sp³-hybridized carbons (Fsp3) is 0.194. The number of rotatable bonds is 8. The van der Waals surface area contributed by atoms with Gasteiger partial charge in [0.1, 0.15) is 4.90 Å². The van der Waals surface area contributed by atoms with Crippen molar-refractivity contribution in [2.75, 3.05) is 36.8 Å². The summed E-state index contributed by atoms with van der Waals surface area (Å²) in [5.74, 6) is -1.05. The number of nitrogens with one attached hydrogen (secondary N) is 1. The molecule has 4 aromatic carbocycles. The first-order valence-corrected chi connectivity index (χ1v) is 17.2. The van der Waals surface area contributed by atoms with Crippen LogP contribution in [-0.2, 0) is 26.4 Å². The fourth-order valence-corrected chi connectivity index (χ4v) is 7.19. The first kappa shape index (κ1) is 33.3. The highest BCUT2D eigenvalue weighted by Gasteiger charge is 2.48. The van der Waals surface area contributed by atoms with Crippen LogP contribution in [0.25, 0.3) is 11.1 Å². The molecule has 242 valence electrons. The molecule has 1 aliphatic rings. The van der Waals surface area contributed by atoms with Crippen LogP contribution < -0.4 is 15.4 Å². The first-order chi connectivity index (χ1) is 21.7. The van der Waals surface area contributed by atoms with Gasteiger partial charge in [-0.15, -0.1) is 0 Å². The Morgan fingerprint density at radius 3 is 2.11 bits per heavy atom. The van der Waals surface area contributed by atoms with Crippen LogP contribution >= 0.6 is 11.6 Å². The maximum Gasteiger partial charge on any atom is 0.501 e. The lowest BCUT2D eigenvalue weighted by Crippen LogP contribution is -2.46. The zero-order valence-corrected chi connectivity index (χ0v) is 26.4. The smallest absolute Gasteiger partial charge is 0.398 e. The number of carbonyl (C=O) groups excluding carboxylic acids is 1. The molecule has 0 saturated carbocycles. The van der Waals surface area contributed by atoms with Crippen LogP contribution in [-0.4, -0.2) is 59.3 Å². The van der Waals surface area contributed by atoms with Gasteiger partial charge in [0, 0.05) is 49.0 Å². The number of alkyl halides is 3. The Morgan fingerprint density at radius 1 is 0.848 bits per heavy atom. The van der Waals surface area contributed by atoms with E-state index in [0.717, 1.165) is 42.5 Å². The number of hydrogen-bond acceptors (Lipinski definition) is 8. The van der Waals surface area contributed by atoms with E-state index in [2.05, 4.69) is 21.9 Å². The van der Waals surface area contributed by atoms with E-state index in [1.54, 1.807) is 16.9 Å². The minimum atomic E-state index is -5.93. The van der Waals surface area contributed by atoms with Gasteiger partial charge >= 0.3 is 5.51 Å². The molecule has 15 heteroatoms. The second-order valence-corrected chi connectivity index (χ2v) is 14.6. The Morgan fingerprint density at radius 2 is 1.48 bits per heavy atom. The molecule has 0 aliphatic carbocycles. The molecule has 0 bridgehead atoms. The maximum atomic E-state index is 13.0. The molecule has 1 aliphatic heterocycles. The third-order valence-corrected chi connectivity index (χ3v) is 10.7. The number of amides is 1. The van der Waals surface area contributed by atoms with E-state index < -0.39 is 46.8 Å². The van der Waals surface area contributed by atoms with Crippen molar-refractivity contribution in [3.63, 3.8) is 0 Å². The van der Waals surface area contributed by atoms with E-state index in [4.69, 9.17) is 17.3 Å². The van der Waals surface area contributed by atoms with Crippen LogP contribution in [0.2, 0.25) is 5.02 Å². The van der Waals surface area contributed by atoms with Gasteiger partial charge in [-0.05, 0) is 71.3 Å². The number of nitrogen functional groups attached to an aromatic ring is 1. The number of benzene rings is 4. The zero-order valence-electron chi connectivity index (χ0n) is 24.0. The molecule has 3 N–H and O–H groups in total. The molecule has 5 rings (SSSR count). The summed E-state index contributed by atoms with van der Waals surface area (Å²) in [5.41, 5.74) is 3.11. The van der Waals surface area contributed by atoms with Crippen molar-refractivity contribution in [1.29, 1.82) is 0 Å². The van der Waals surface area contributed by atoms with Gasteiger partial charge in [0.2, 0.25) is 0 Å². The number of sulfonamides is 1. The average Bonchev–Trinajstić information content (AvgIpc) is 3.01. The number of halogens is 4. The summed E-state index contributed by atoms with van der Waals surface area (Å²) in [6.45, 7) is 3.75. The van der Waals surface area contributed by atoms with Gasteiger partial charge in [-0.3, -0.25) is 9.69 Å². The van der Waals surface area contributed by atoms with Gasteiger partial charge in [-0.2, -0.15) is 13.2 Å². The van der Waals surface area contributed by atoms with E-state index in [1.807, 2.05) is 36.4 Å². The highest BCUT2D eigenvalue weighted by molar-refractivity contribution is 7.92. The summed E-state index contributed by atoms with van der Waals surface area (Å²) in [6, 6.07) is 23.9. The average molecular weight is 693 g/mol. The van der Waals surface area contributed by atoms with Crippen molar-refractivity contribution in [2.45, 2.75) is 21.8 Å². The predicted octanol–water partition coefficient (Wildman–Crippen LogP) is 5.32. The summed E-state index contributed by atoms with van der Waals surface area (Å²) in [6.07, 6.45) is 0. The van der Waals surface area contributed by atoms with Gasteiger partial charge in [0.25, 0.3) is 25.8 Å². The van der Waals surface area contributed by atoms with Crippen LogP contribution in [0, 0.1) is 0 Å². The Labute approximate surface area is 269 Å². The Bertz CT molecular complexity index is 1960. The minimum Gasteiger partial charge on any atom is -0.398 e. The molecule has 1 amide bonds. The third kappa shape index (κ3) is 7.15. The molecule has 0 spiro atoms. The molecule has 1 saturated heterocycles. The van der Waals surface area contributed by atoms with Crippen LogP contribution in [0.5, 0.6) is 0 Å². The number of carbonyl (C=O) groups is 1. The Balaban J connectivity index is 1.21. The highest BCUT2D eigenvalue weighted by atomic mass is 35.5. The first-order valence-electron chi connectivity index (χ1n) is 13.8. The van der Waals surface area contributed by atoms with E-state index in [0.29, 0.717) is 24.2 Å². The van der Waals surface area contributed by atoms with E-state index in [9.17, 15) is 34.8 Å². The topological polar surface area (TPSA) is 130 Å². The molecule has 1 heterocycles. The molecular weight excluding hydrogens is 665 g/mol. The van der Waals surface area contributed by atoms with Gasteiger partial charge in [0.15, 0.2) is 0 Å². The number of piperazine rings is 1. The molecule has 0 unspecified atom stereocenters. The third-order valence-electron chi connectivity index (χ3n) is 7.55. The van der Waals surface area contributed by atoms with E-state index >= 15 is 0 Å². The van der Waals surface area contributed by atoms with Crippen molar-refractivity contribution in [3.05, 3.63) is 107 Å². The number of hydrogen-bond donors (Lipinski definition) is 2. The van der Waals surface area contributed by atoms with Gasteiger partial charge < -0.3 is 10.6 Å². The minimum absolute atomic E-state index is 0.0247. The maximum absolute atomic E-state index is 13.0. The van der Waals surface area contributed by atoms with Crippen LogP contribution in [0.15, 0.2) is 101 Å². The Hall–Kier alpha value is -4.11. The van der Waals surface area contributed by atoms with Gasteiger partial charge in [-0.1, -0.05) is 48.0 Å². The molecule has 9 nitrogen and oxygen atoms in total. The van der Waals surface area contributed by atoms with Crippen LogP contribution in [0.1, 0.15) is 15.9 Å². The second kappa shape index (κ2) is 12.9. The molecule has 0 atom stereocenters. The summed E-state index contributed by atoms with van der Waals surface area (Å²) in [7, 11) is -10.7. The SMILES string of the molecule is Nc1ccc(S(=O)(=O)NC(=O)c2ccc(N3CCN(Cc4ccccc4-c4ccc(Cl)cc4)CC3)cc2)cc1S(=O)(=O)C(F)(F)F. The predicted molar refractivity (Wildman–Crippen MR) is 170 cm³/mol. The zero-order chi connectivity index (χ0) is 33.3. The summed E-state index contributed by atoms with van der Waals surface area (Å²) in [5, 5.41) is 0.676. The second-order valence-electron chi connectivity index (χ2n) is 10.6. The van der Waals surface area contributed by atoms with Crippen molar-refractivity contribution in [3.8, 4) is 11.1 Å². The molecule has 1 fully saturated rings. The quantitative estimate of drug-likeness (QED) is 0.237. The van der Waals surface area contributed by atoms with Crippen molar-refractivity contribution in [2.24, 2.45) is 0 Å². The molecule has 4 aromatic rings. The summed E-state index contributed by atoms with van der Waals surface area (Å²) in [4.78, 5) is 14.9. The van der Waals surface area contributed by atoms with Crippen molar-refractivity contribution in [1.82, 2.24) is 9.62 Å². The molecule has 0 aromatic heterocycles. The van der Waals surface area contributed by atoms with Crippen LogP contribution in [0.3, 0.4) is 0 Å². The lowest BCUT2D eigenvalue weighted by atomic mass is 9.99. The van der Waals surface area contributed by atoms with Crippen LogP contribution in [0.4, 0.5) is 24.5 Å². The van der Waals surface area contributed by atoms with E-state index in [1.165, 1.54) is 17.7 Å². The summed E-state index contributed by atoms with van der Waals surface area (Å²) >= 11 is 6.06. The molecular formula is C31H28ClF3N4O5S2. The van der Waals surface area contributed by atoms with Crippen molar-refractivity contribution >= 4 is 48.7 Å². The van der Waals surface area contributed by atoms with Crippen molar-refractivity contribution < 1.29 is 34.8 Å². The standard InChI is InChI=1S/C31H28ClF3N4O5S2/c32-24-9-5-21(6-10-24)27-4-2-1-3-23(27)20-38-15-17-39(18-16-38)25-11-7-22(8-12-25)30(40)37-46(43,44)26-13-14-28(36)29(19-26)45(41,42)31(33,34)35/h1-14,19H,15-18,20,36H2,(H,37,40). The highest BCUT2D eigenvalue weighted by Crippen LogP contribution is 2.34. The molecule has 0 radical (unpaired) electrons. The summed E-state index contributed by atoms with van der Waals surface area (Å²) < 4.78 is 90.1. The largest absolute Gasteiger partial charge is 0.501 e. The van der Waals surface area contributed by atoms with Gasteiger partial charge in [0.05, 0.1) is 10.6 Å². The fourth-order valence-electron chi connectivity index (χ4n) is 5.08. The molecule has 46 heavy (non-hydrogen) atoms. The number of nitrogens with zero attached hydrogens (tertiary/aromatic N) is 2. The lowest BCUT2D eigenvalue weighted by molar-refractivity contribution is -0.0435. The normalized spacial score (nSPS) is 14.7. The lowest BCUT2D eigenvalue weighted by Gasteiger charge is -2.36. The number of anilines is 2. The Kier molecular flexibility index (Phi) is 9.36. The van der Waals surface area contributed by atoms with E-state index in [-0.39, 0.29) is 11.6 Å². The number of nitrogens with two attached hydrogens (primary N) is 1. The number of sulfone groups is 1. The monoisotopic (exact) mass is 692 g/mol.